The highest BCUT2D eigenvalue weighted by Crippen LogP contribution is 2.34. The molecule has 0 unspecified atom stereocenters. The maximum absolute atomic E-state index is 12.8. The van der Waals surface area contributed by atoms with Crippen molar-refractivity contribution < 1.29 is 13.2 Å². The first kappa shape index (κ1) is 18.4. The van der Waals surface area contributed by atoms with Crippen molar-refractivity contribution in [2.24, 2.45) is 5.73 Å². The normalized spacial score (nSPS) is 12.2. The number of carbonyl (C=O) groups excluding carboxylic acids is 1. The summed E-state index contributed by atoms with van der Waals surface area (Å²) in [5.41, 5.74) is 6.61. The molecule has 0 saturated carbocycles. The highest BCUT2D eigenvalue weighted by Gasteiger charge is 2.32. The van der Waals surface area contributed by atoms with Crippen LogP contribution in [-0.4, -0.2) is 24.1 Å². The number of sulfone groups is 1. The minimum absolute atomic E-state index is 0.0684. The van der Waals surface area contributed by atoms with Crippen LogP contribution in [0.1, 0.15) is 26.5 Å². The summed E-state index contributed by atoms with van der Waals surface area (Å²) in [7, 11) is -3.54. The molecule has 0 radical (unpaired) electrons. The summed E-state index contributed by atoms with van der Waals surface area (Å²) in [5.74, 6) is -0.534. The topological polar surface area (TPSA) is 90.1 Å². The van der Waals surface area contributed by atoms with E-state index in [9.17, 15) is 13.2 Å². The predicted octanol–water partition coefficient (Wildman–Crippen LogP) is 3.00. The lowest BCUT2D eigenvalue weighted by Gasteiger charge is -2.21. The molecular weight excluding hydrogens is 348 g/mol. The van der Waals surface area contributed by atoms with Gasteiger partial charge in [-0.2, -0.15) is 0 Å². The van der Waals surface area contributed by atoms with Crippen molar-refractivity contribution in [1.29, 1.82) is 0 Å². The first-order valence-electron chi connectivity index (χ1n) is 7.31. The first-order chi connectivity index (χ1) is 11.0. The monoisotopic (exact) mass is 366 g/mol. The van der Waals surface area contributed by atoms with E-state index in [1.54, 1.807) is 51.1 Å². The van der Waals surface area contributed by atoms with Crippen molar-refractivity contribution in [2.45, 2.75) is 36.8 Å². The number of carbonyl (C=O) groups is 1. The van der Waals surface area contributed by atoms with Gasteiger partial charge in [-0.15, -0.1) is 0 Å². The molecule has 1 amide bonds. The number of hydrogen-bond donors (Lipinski definition) is 1. The lowest BCUT2D eigenvalue weighted by molar-refractivity contribution is -0.117. The molecule has 0 spiro atoms. The summed E-state index contributed by atoms with van der Waals surface area (Å²) >= 11 is 6.16. The van der Waals surface area contributed by atoms with Gasteiger partial charge in [-0.1, -0.05) is 29.8 Å². The molecule has 7 heteroatoms. The second kappa shape index (κ2) is 6.53. The number of nitrogens with two attached hydrogens (primary N) is 1. The van der Waals surface area contributed by atoms with E-state index in [0.717, 1.165) is 0 Å². The van der Waals surface area contributed by atoms with Crippen molar-refractivity contribution in [3.8, 4) is 11.1 Å². The number of benzene rings is 1. The third-order valence-corrected chi connectivity index (χ3v) is 6.43. The fourth-order valence-corrected chi connectivity index (χ4v) is 3.80. The second-order valence-electron chi connectivity index (χ2n) is 6.41. The summed E-state index contributed by atoms with van der Waals surface area (Å²) in [5, 5.41) is 0.272. The van der Waals surface area contributed by atoms with Gasteiger partial charge in [-0.3, -0.25) is 9.78 Å². The molecule has 0 fully saturated rings. The Labute approximate surface area is 146 Å². The molecule has 2 aromatic rings. The van der Waals surface area contributed by atoms with Crippen LogP contribution in [0.3, 0.4) is 0 Å². The van der Waals surface area contributed by atoms with Crippen LogP contribution in [0.15, 0.2) is 41.4 Å². The Bertz CT molecular complexity index is 887. The standard InChI is InChI=1S/C17H19ClN2O3S/c1-17(2,3)24(22,23)15-7-5-4-6-12(15)11-8-13(18)14(20-10-11)9-16(19)21/h4-8,10H,9H2,1-3H3,(H2,19,21). The summed E-state index contributed by atoms with van der Waals surface area (Å²) in [6.07, 6.45) is 1.43. The SMILES string of the molecule is CC(C)(C)S(=O)(=O)c1ccccc1-c1cnc(CC(N)=O)c(Cl)c1. The Kier molecular flexibility index (Phi) is 5.01. The molecule has 128 valence electrons. The fraction of sp³-hybridized carbons (Fsp3) is 0.294. The van der Waals surface area contributed by atoms with E-state index in [1.165, 1.54) is 6.20 Å². The minimum Gasteiger partial charge on any atom is -0.369 e. The highest BCUT2D eigenvalue weighted by molar-refractivity contribution is 7.92. The highest BCUT2D eigenvalue weighted by atomic mass is 35.5. The molecule has 1 heterocycles. The van der Waals surface area contributed by atoms with Crippen LogP contribution in [0, 0.1) is 0 Å². The number of amides is 1. The molecule has 5 nitrogen and oxygen atoms in total. The zero-order valence-electron chi connectivity index (χ0n) is 13.7. The average Bonchev–Trinajstić information content (AvgIpc) is 2.48. The summed E-state index contributed by atoms with van der Waals surface area (Å²) in [6.45, 7) is 4.96. The van der Waals surface area contributed by atoms with E-state index in [4.69, 9.17) is 17.3 Å². The van der Waals surface area contributed by atoms with Crippen LogP contribution < -0.4 is 5.73 Å². The molecule has 1 aromatic heterocycles. The van der Waals surface area contributed by atoms with Crippen molar-refractivity contribution in [3.05, 3.63) is 47.2 Å². The molecule has 2 rings (SSSR count). The van der Waals surface area contributed by atoms with Crippen LogP contribution >= 0.6 is 11.6 Å². The molecular formula is C17H19ClN2O3S. The van der Waals surface area contributed by atoms with Gasteiger partial charge < -0.3 is 5.73 Å². The van der Waals surface area contributed by atoms with Crippen LogP contribution in [-0.2, 0) is 21.1 Å². The zero-order valence-corrected chi connectivity index (χ0v) is 15.3. The van der Waals surface area contributed by atoms with E-state index in [2.05, 4.69) is 4.98 Å². The van der Waals surface area contributed by atoms with Crippen LogP contribution in [0.5, 0.6) is 0 Å². The zero-order chi connectivity index (χ0) is 18.1. The van der Waals surface area contributed by atoms with E-state index >= 15 is 0 Å². The third kappa shape index (κ3) is 3.60. The number of primary amides is 1. The number of hydrogen-bond acceptors (Lipinski definition) is 4. The Balaban J connectivity index is 2.60. The molecule has 0 aliphatic carbocycles. The minimum atomic E-state index is -3.54. The smallest absolute Gasteiger partial charge is 0.223 e. The number of nitrogens with zero attached hydrogens (tertiary/aromatic N) is 1. The lowest BCUT2D eigenvalue weighted by atomic mass is 10.1. The summed E-state index contributed by atoms with van der Waals surface area (Å²) in [6, 6.07) is 8.31. The third-order valence-electron chi connectivity index (χ3n) is 3.55. The molecule has 0 atom stereocenters. The molecule has 24 heavy (non-hydrogen) atoms. The van der Waals surface area contributed by atoms with Crippen molar-refractivity contribution in [1.82, 2.24) is 4.98 Å². The summed E-state index contributed by atoms with van der Waals surface area (Å²) < 4.78 is 24.7. The number of halogens is 1. The Morgan fingerprint density at radius 1 is 1.25 bits per heavy atom. The maximum atomic E-state index is 12.8. The molecule has 0 aliphatic rings. The van der Waals surface area contributed by atoms with E-state index in [-0.39, 0.29) is 16.3 Å². The van der Waals surface area contributed by atoms with Crippen LogP contribution in [0.4, 0.5) is 0 Å². The molecule has 2 N–H and O–H groups in total. The Morgan fingerprint density at radius 3 is 2.42 bits per heavy atom. The van der Waals surface area contributed by atoms with Gasteiger partial charge in [0, 0.05) is 17.3 Å². The Morgan fingerprint density at radius 2 is 1.88 bits per heavy atom. The van der Waals surface area contributed by atoms with Gasteiger partial charge in [0.05, 0.1) is 26.8 Å². The lowest BCUT2D eigenvalue weighted by Crippen LogP contribution is -2.28. The van der Waals surface area contributed by atoms with Gasteiger partial charge in [0.1, 0.15) is 0 Å². The van der Waals surface area contributed by atoms with E-state index < -0.39 is 20.5 Å². The number of rotatable bonds is 4. The van der Waals surface area contributed by atoms with Crippen molar-refractivity contribution in [3.63, 3.8) is 0 Å². The average molecular weight is 367 g/mol. The van der Waals surface area contributed by atoms with Crippen molar-refractivity contribution in [2.75, 3.05) is 0 Å². The maximum Gasteiger partial charge on any atom is 0.223 e. The Hall–Kier alpha value is -1.92. The van der Waals surface area contributed by atoms with Gasteiger partial charge in [-0.25, -0.2) is 8.42 Å². The molecule has 0 bridgehead atoms. The molecule has 0 saturated heterocycles. The first-order valence-corrected chi connectivity index (χ1v) is 9.17. The van der Waals surface area contributed by atoms with Gasteiger partial charge in [0.2, 0.25) is 5.91 Å². The van der Waals surface area contributed by atoms with Crippen molar-refractivity contribution >= 4 is 27.3 Å². The number of pyridine rings is 1. The second-order valence-corrected chi connectivity index (χ2v) is 9.49. The molecule has 1 aromatic carbocycles. The quantitative estimate of drug-likeness (QED) is 0.900. The van der Waals surface area contributed by atoms with Gasteiger partial charge in [0.15, 0.2) is 9.84 Å². The predicted molar refractivity (Wildman–Crippen MR) is 94.5 cm³/mol. The van der Waals surface area contributed by atoms with E-state index in [0.29, 0.717) is 16.8 Å². The largest absolute Gasteiger partial charge is 0.369 e. The van der Waals surface area contributed by atoms with Gasteiger partial charge in [0.25, 0.3) is 0 Å². The summed E-state index contributed by atoms with van der Waals surface area (Å²) in [4.78, 5) is 15.4. The van der Waals surface area contributed by atoms with E-state index in [1.807, 2.05) is 0 Å². The fourth-order valence-electron chi connectivity index (χ4n) is 2.18. The molecule has 0 aliphatic heterocycles. The van der Waals surface area contributed by atoms with Crippen LogP contribution in [0.25, 0.3) is 11.1 Å². The van der Waals surface area contributed by atoms with Crippen LogP contribution in [0.2, 0.25) is 5.02 Å². The van der Waals surface area contributed by atoms with Gasteiger partial charge >= 0.3 is 0 Å². The van der Waals surface area contributed by atoms with Gasteiger partial charge in [-0.05, 0) is 32.9 Å². The number of aromatic nitrogens is 1.